The summed E-state index contributed by atoms with van der Waals surface area (Å²) in [5.74, 6) is 1.51. The van der Waals surface area contributed by atoms with E-state index in [4.69, 9.17) is 24.4 Å². The highest BCUT2D eigenvalue weighted by atomic mass is 32.1. The minimum atomic E-state index is 0.484. The molecule has 6 aromatic carbocycles. The van der Waals surface area contributed by atoms with Crippen LogP contribution in [0.1, 0.15) is 11.1 Å². The summed E-state index contributed by atoms with van der Waals surface area (Å²) < 4.78 is 0. The predicted octanol–water partition coefficient (Wildman–Crippen LogP) is 10.8. The van der Waals surface area contributed by atoms with Crippen molar-refractivity contribution >= 4 is 68.8 Å². The van der Waals surface area contributed by atoms with Crippen molar-refractivity contribution in [3.8, 4) is 0 Å². The highest BCUT2D eigenvalue weighted by Crippen LogP contribution is 2.35. The van der Waals surface area contributed by atoms with Crippen LogP contribution in [0.25, 0.3) is 0 Å². The van der Waals surface area contributed by atoms with Crippen molar-refractivity contribution in [2.75, 3.05) is 44.3 Å². The fourth-order valence-corrected chi connectivity index (χ4v) is 6.43. The monoisotopic (exact) mass is 718 g/mol. The van der Waals surface area contributed by atoms with Crippen LogP contribution in [0.4, 0.5) is 34.1 Å². The number of benzene rings is 6. The maximum Gasteiger partial charge on any atom is 0.183 e. The molecule has 0 aliphatic rings. The third-order valence-electron chi connectivity index (χ3n) is 8.59. The topological polar surface area (TPSA) is 37.0 Å². The van der Waals surface area contributed by atoms with Crippen LogP contribution >= 0.6 is 24.4 Å². The smallest absolute Gasteiger partial charge is 0.183 e. The van der Waals surface area contributed by atoms with Gasteiger partial charge in [0, 0.05) is 48.2 Å². The average Bonchev–Trinajstić information content (AvgIpc) is 3.18. The van der Waals surface area contributed by atoms with E-state index in [1.165, 1.54) is 0 Å². The van der Waals surface area contributed by atoms with Crippen molar-refractivity contribution in [1.82, 2.24) is 0 Å². The lowest BCUT2D eigenvalue weighted by atomic mass is 10.2. The molecule has 52 heavy (non-hydrogen) atoms. The van der Waals surface area contributed by atoms with Gasteiger partial charge >= 0.3 is 0 Å². The van der Waals surface area contributed by atoms with Gasteiger partial charge in [0.2, 0.25) is 0 Å². The quantitative estimate of drug-likeness (QED) is 0.136. The number of hydrogen-bond donors (Lipinski definition) is 2. The Morgan fingerprint density at radius 1 is 0.385 bits per heavy atom. The van der Waals surface area contributed by atoms with Crippen LogP contribution < -0.4 is 30.2 Å². The number of anilines is 6. The second-order valence-electron chi connectivity index (χ2n) is 12.4. The number of rotatable bonds is 10. The molecule has 0 amide bonds. The maximum absolute atomic E-state index is 6.40. The van der Waals surface area contributed by atoms with Gasteiger partial charge in [0.15, 0.2) is 21.9 Å². The van der Waals surface area contributed by atoms with E-state index >= 15 is 0 Å². The SMILES string of the molecule is Cc1ccc(N(C(=S)Nc2ccccc2)C(=C(N(C)c2ccccc2)N(C(=S)Nc2ccccc2)c2ccc(C)cc2)N(C)c2ccccc2)cc1. The Hall–Kier alpha value is -5.96. The molecule has 2 N–H and O–H groups in total. The molecule has 0 aromatic heterocycles. The number of aryl methyl sites for hydroxylation is 2. The van der Waals surface area contributed by atoms with Crippen molar-refractivity contribution in [3.63, 3.8) is 0 Å². The van der Waals surface area contributed by atoms with Gasteiger partial charge < -0.3 is 20.4 Å². The minimum absolute atomic E-state index is 0.484. The number of hydrogen-bond acceptors (Lipinski definition) is 4. The molecular formula is C44H42N6S2. The molecule has 0 unspecified atom stereocenters. The van der Waals surface area contributed by atoms with Crippen LogP contribution in [-0.2, 0) is 0 Å². The Kier molecular flexibility index (Phi) is 11.6. The second kappa shape index (κ2) is 16.8. The number of nitrogens with one attached hydrogen (secondary N) is 2. The van der Waals surface area contributed by atoms with Gasteiger partial charge in [-0.25, -0.2) is 0 Å². The Balaban J connectivity index is 1.70. The van der Waals surface area contributed by atoms with Gasteiger partial charge in [-0.1, -0.05) is 108 Å². The van der Waals surface area contributed by atoms with Crippen LogP contribution in [0, 0.1) is 13.8 Å². The minimum Gasteiger partial charge on any atom is -0.332 e. The van der Waals surface area contributed by atoms with E-state index in [0.29, 0.717) is 10.2 Å². The van der Waals surface area contributed by atoms with Crippen LogP contribution in [0.15, 0.2) is 182 Å². The first-order valence-corrected chi connectivity index (χ1v) is 17.9. The van der Waals surface area contributed by atoms with Crippen LogP contribution in [0.5, 0.6) is 0 Å². The molecule has 6 rings (SSSR count). The average molecular weight is 719 g/mol. The number of para-hydroxylation sites is 4. The molecule has 0 aliphatic carbocycles. The van der Waals surface area contributed by atoms with Crippen LogP contribution in [0.2, 0.25) is 0 Å². The van der Waals surface area contributed by atoms with Gasteiger partial charge in [-0.05, 0) is 111 Å². The normalized spacial score (nSPS) is 11.2. The number of nitrogens with zero attached hydrogens (tertiary/aromatic N) is 4. The van der Waals surface area contributed by atoms with Gasteiger partial charge in [0.25, 0.3) is 0 Å². The third kappa shape index (κ3) is 8.49. The number of thiocarbonyl (C=S) groups is 2. The van der Waals surface area contributed by atoms with Crippen molar-refractivity contribution in [1.29, 1.82) is 0 Å². The van der Waals surface area contributed by atoms with Crippen LogP contribution in [-0.4, -0.2) is 24.3 Å². The van der Waals surface area contributed by atoms with Crippen molar-refractivity contribution in [2.24, 2.45) is 0 Å². The standard InChI is InChI=1S/C44H42N6S2/c1-33-25-29-39(30-26-33)49(43(51)45-35-17-9-5-10-18-35)41(47(3)37-21-13-7-14-22-37)42(48(4)38-23-15-8-16-24-38)50(40-31-27-34(2)28-32-40)44(52)46-36-19-11-6-12-20-36/h5-32H,1-4H3,(H,45,51)(H,46,52). The summed E-state index contributed by atoms with van der Waals surface area (Å²) in [7, 11) is 4.13. The van der Waals surface area contributed by atoms with Gasteiger partial charge in [-0.2, -0.15) is 0 Å². The van der Waals surface area contributed by atoms with E-state index in [-0.39, 0.29) is 0 Å². The molecule has 0 heterocycles. The molecular weight excluding hydrogens is 677 g/mol. The lowest BCUT2D eigenvalue weighted by Crippen LogP contribution is -2.49. The summed E-state index contributed by atoms with van der Waals surface area (Å²) in [6.45, 7) is 4.17. The Morgan fingerprint density at radius 3 is 0.981 bits per heavy atom. The van der Waals surface area contributed by atoms with E-state index in [2.05, 4.69) is 131 Å². The molecule has 0 bridgehead atoms. The highest BCUT2D eigenvalue weighted by Gasteiger charge is 2.33. The lowest BCUT2D eigenvalue weighted by Gasteiger charge is -2.42. The van der Waals surface area contributed by atoms with Gasteiger partial charge in [-0.15, -0.1) is 0 Å². The first-order valence-electron chi connectivity index (χ1n) is 17.1. The fraction of sp³-hybridized carbons (Fsp3) is 0.0909. The molecule has 0 aliphatic heterocycles. The Labute approximate surface area is 318 Å². The first kappa shape index (κ1) is 35.9. The third-order valence-corrected chi connectivity index (χ3v) is 9.16. The molecule has 0 spiro atoms. The molecule has 0 fully saturated rings. The zero-order valence-electron chi connectivity index (χ0n) is 29.8. The largest absolute Gasteiger partial charge is 0.332 e. The fourth-order valence-electron chi connectivity index (χ4n) is 5.81. The molecule has 8 heteroatoms. The van der Waals surface area contributed by atoms with Crippen molar-refractivity contribution < 1.29 is 0 Å². The molecule has 260 valence electrons. The summed E-state index contributed by atoms with van der Waals surface area (Å²) in [6, 6.07) is 57.4. The van der Waals surface area contributed by atoms with E-state index in [1.54, 1.807) is 0 Å². The Morgan fingerprint density at radius 2 is 0.673 bits per heavy atom. The zero-order chi connectivity index (χ0) is 36.5. The lowest BCUT2D eigenvalue weighted by molar-refractivity contribution is 0.924. The van der Waals surface area contributed by atoms with E-state index in [1.807, 2.05) is 97.1 Å². The first-order chi connectivity index (χ1) is 25.3. The molecule has 6 aromatic rings. The van der Waals surface area contributed by atoms with E-state index < -0.39 is 0 Å². The van der Waals surface area contributed by atoms with Gasteiger partial charge in [-0.3, -0.25) is 9.80 Å². The molecule has 6 nitrogen and oxygen atoms in total. The molecule has 0 saturated carbocycles. The van der Waals surface area contributed by atoms with E-state index in [0.717, 1.165) is 56.9 Å². The molecule has 0 atom stereocenters. The summed E-state index contributed by atoms with van der Waals surface area (Å²) in [6.07, 6.45) is 0. The predicted molar refractivity (Wildman–Crippen MR) is 229 cm³/mol. The maximum atomic E-state index is 6.40. The zero-order valence-corrected chi connectivity index (χ0v) is 31.4. The Bertz CT molecular complexity index is 1950. The summed E-state index contributed by atoms with van der Waals surface area (Å²) in [5, 5.41) is 8.05. The summed E-state index contributed by atoms with van der Waals surface area (Å²) >= 11 is 12.8. The highest BCUT2D eigenvalue weighted by molar-refractivity contribution is 7.81. The van der Waals surface area contributed by atoms with Gasteiger partial charge in [0.05, 0.1) is 0 Å². The van der Waals surface area contributed by atoms with Crippen molar-refractivity contribution in [3.05, 3.63) is 193 Å². The van der Waals surface area contributed by atoms with Crippen LogP contribution in [0.3, 0.4) is 0 Å². The summed E-state index contributed by atoms with van der Waals surface area (Å²) in [5.41, 5.74) is 7.71. The van der Waals surface area contributed by atoms with Gasteiger partial charge in [0.1, 0.15) is 0 Å². The molecule has 0 radical (unpaired) electrons. The van der Waals surface area contributed by atoms with E-state index in [9.17, 15) is 0 Å². The second-order valence-corrected chi connectivity index (χ2v) is 13.1. The molecule has 0 saturated heterocycles. The summed E-state index contributed by atoms with van der Waals surface area (Å²) in [4.78, 5) is 8.52. The van der Waals surface area contributed by atoms with Crippen molar-refractivity contribution in [2.45, 2.75) is 13.8 Å².